The van der Waals surface area contributed by atoms with Crippen LogP contribution in [-0.4, -0.2) is 57.9 Å². The van der Waals surface area contributed by atoms with Crippen molar-refractivity contribution in [2.24, 2.45) is 17.8 Å². The summed E-state index contributed by atoms with van der Waals surface area (Å²) < 4.78 is 63.5. The number of fused-ring (bicyclic) bond motifs is 1. The molecule has 0 aromatic carbocycles. The first-order valence-electron chi connectivity index (χ1n) is 12.9. The highest BCUT2D eigenvalue weighted by atomic mass is 19.4. The number of ether oxygens (including phenoxy) is 1. The van der Waals surface area contributed by atoms with E-state index in [2.05, 4.69) is 20.5 Å². The molecule has 3 atom stereocenters. The molecule has 3 aliphatic rings. The fourth-order valence-corrected chi connectivity index (χ4v) is 5.73. The molecule has 0 spiro atoms. The molecule has 184 valence electrons. The molecule has 9 heteroatoms. The Morgan fingerprint density at radius 3 is 2.59 bits per heavy atom. The van der Waals surface area contributed by atoms with Gasteiger partial charge in [-0.25, -0.2) is 0 Å². The van der Waals surface area contributed by atoms with E-state index < -0.39 is 18.2 Å². The van der Waals surface area contributed by atoms with Crippen LogP contribution < -0.4 is 5.32 Å². The van der Waals surface area contributed by atoms with Gasteiger partial charge in [0.2, 0.25) is 0 Å². The fourth-order valence-electron chi connectivity index (χ4n) is 5.73. The van der Waals surface area contributed by atoms with E-state index in [1.165, 1.54) is 6.07 Å². The molecule has 4 heterocycles. The number of aromatic nitrogens is 3. The quantitative estimate of drug-likeness (QED) is 0.662. The molecule has 3 fully saturated rings. The number of likely N-dealkylation sites (tertiary alicyclic amines) is 1. The molecule has 0 amide bonds. The molecule has 2 aromatic heterocycles. The van der Waals surface area contributed by atoms with E-state index in [1.807, 2.05) is 18.7 Å². The summed E-state index contributed by atoms with van der Waals surface area (Å²) in [5, 5.41) is 11.5. The summed E-state index contributed by atoms with van der Waals surface area (Å²) in [6.45, 7) is 4.79. The van der Waals surface area contributed by atoms with Crippen molar-refractivity contribution in [1.29, 1.82) is 0 Å². The Labute approximate surface area is 201 Å². The maximum atomic E-state index is 13.3. The highest BCUT2D eigenvalue weighted by Gasteiger charge is 2.42. The number of halogens is 3. The topological polar surface area (TPSA) is 63.2 Å². The number of nitrogens with zero attached hydrogens (tertiary/aromatic N) is 4. The van der Waals surface area contributed by atoms with Gasteiger partial charge < -0.3 is 15.0 Å². The van der Waals surface area contributed by atoms with Gasteiger partial charge in [-0.3, -0.25) is 4.98 Å². The Morgan fingerprint density at radius 1 is 1.18 bits per heavy atom. The first-order valence-corrected chi connectivity index (χ1v) is 11.9. The Balaban J connectivity index is 1.19. The molecule has 0 radical (unpaired) electrons. The summed E-state index contributed by atoms with van der Waals surface area (Å²) in [6, 6.07) is 4.30. The van der Waals surface area contributed by atoms with E-state index in [0.29, 0.717) is 30.7 Å². The van der Waals surface area contributed by atoms with E-state index in [1.54, 1.807) is 6.07 Å². The predicted molar refractivity (Wildman–Crippen MR) is 123 cm³/mol. The zero-order valence-corrected chi connectivity index (χ0v) is 19.5. The molecule has 0 bridgehead atoms. The van der Waals surface area contributed by atoms with Crippen LogP contribution in [0.5, 0.6) is 0 Å². The zero-order chi connectivity index (χ0) is 25.7. The monoisotopic (exact) mass is 477 g/mol. The highest BCUT2D eigenvalue weighted by Crippen LogP contribution is 2.40. The lowest BCUT2D eigenvalue weighted by molar-refractivity contribution is -0.137. The maximum Gasteiger partial charge on any atom is 0.417 e. The molecule has 1 saturated carbocycles. The zero-order valence-electron chi connectivity index (χ0n) is 21.5. The lowest BCUT2D eigenvalue weighted by Gasteiger charge is -2.37. The average Bonchev–Trinajstić information content (AvgIpc) is 3.38. The minimum Gasteiger partial charge on any atom is -0.376 e. The highest BCUT2D eigenvalue weighted by molar-refractivity contribution is 5.63. The van der Waals surface area contributed by atoms with Crippen LogP contribution in [-0.2, 0) is 10.9 Å². The van der Waals surface area contributed by atoms with Crippen molar-refractivity contribution in [1.82, 2.24) is 20.1 Å². The molecular weight excluding hydrogens is 443 g/mol. The maximum absolute atomic E-state index is 13.3. The van der Waals surface area contributed by atoms with Gasteiger partial charge in [-0.1, -0.05) is 0 Å². The van der Waals surface area contributed by atoms with Crippen LogP contribution in [0.15, 0.2) is 30.6 Å². The van der Waals surface area contributed by atoms with Gasteiger partial charge in [0.15, 0.2) is 0 Å². The third-order valence-electron chi connectivity index (χ3n) is 7.23. The molecule has 1 N–H and O–H groups in total. The van der Waals surface area contributed by atoms with E-state index in [4.69, 9.17) is 7.48 Å². The number of pyridine rings is 1. The van der Waals surface area contributed by atoms with Gasteiger partial charge in [0.1, 0.15) is 5.82 Å². The molecule has 2 unspecified atom stereocenters. The molecule has 2 aliphatic heterocycles. The molecule has 34 heavy (non-hydrogen) atoms. The molecule has 5 rings (SSSR count). The second-order valence-corrected chi connectivity index (χ2v) is 10.4. The van der Waals surface area contributed by atoms with Gasteiger partial charge >= 0.3 is 6.18 Å². The van der Waals surface area contributed by atoms with E-state index in [-0.39, 0.29) is 28.8 Å². The average molecular weight is 478 g/mol. The number of anilines is 1. The largest absolute Gasteiger partial charge is 0.417 e. The van der Waals surface area contributed by atoms with Gasteiger partial charge in [0.25, 0.3) is 0 Å². The van der Waals surface area contributed by atoms with Gasteiger partial charge in [0, 0.05) is 52.9 Å². The number of alkyl halides is 3. The molecule has 1 aliphatic carbocycles. The van der Waals surface area contributed by atoms with Gasteiger partial charge in [0.05, 0.1) is 16.9 Å². The van der Waals surface area contributed by atoms with Crippen LogP contribution in [0, 0.1) is 17.8 Å². The second kappa shape index (κ2) is 9.07. The third kappa shape index (κ3) is 5.20. The molecule has 6 nitrogen and oxygen atoms in total. The molecular formula is C25H32F3N5O. The van der Waals surface area contributed by atoms with Crippen LogP contribution in [0.1, 0.15) is 47.8 Å². The Bertz CT molecular complexity index is 1070. The minimum absolute atomic E-state index is 0.0412. The van der Waals surface area contributed by atoms with Crippen molar-refractivity contribution in [3.63, 3.8) is 0 Å². The summed E-state index contributed by atoms with van der Waals surface area (Å²) in [7, 11) is 0. The standard InChI is InChI=1S/C25H32F3N5O/c1-24(2)11-16(6-8-34-24)13-33-14-17-9-19(10-18(17)15-33)30-23-4-3-22(31-32-23)20-12-29-7-5-21(20)25(26,27)28/h3-5,7,12,16-19H,6,8-11,13-15H2,1-2H3,(H,30,32)/t16-,17?,18?,19?/m1/s1/i13D2. The molecule has 2 aromatic rings. The van der Waals surface area contributed by atoms with E-state index >= 15 is 0 Å². The van der Waals surface area contributed by atoms with E-state index in [9.17, 15) is 13.2 Å². The Kier molecular flexibility index (Phi) is 5.62. The summed E-state index contributed by atoms with van der Waals surface area (Å²) in [4.78, 5) is 5.85. The van der Waals surface area contributed by atoms with Crippen LogP contribution >= 0.6 is 0 Å². The van der Waals surface area contributed by atoms with Crippen molar-refractivity contribution in [3.8, 4) is 11.3 Å². The normalized spacial score (nSPS) is 30.5. The Hall–Kier alpha value is -2.26. The lowest BCUT2D eigenvalue weighted by Crippen LogP contribution is -2.39. The summed E-state index contributed by atoms with van der Waals surface area (Å²) in [5.41, 5.74) is -1.05. The van der Waals surface area contributed by atoms with Gasteiger partial charge in [-0.15, -0.1) is 10.2 Å². The Morgan fingerprint density at radius 2 is 1.94 bits per heavy atom. The third-order valence-corrected chi connectivity index (χ3v) is 7.23. The van der Waals surface area contributed by atoms with Gasteiger partial charge in [-0.05, 0) is 75.5 Å². The van der Waals surface area contributed by atoms with Crippen molar-refractivity contribution < 1.29 is 20.6 Å². The lowest BCUT2D eigenvalue weighted by atomic mass is 9.88. The minimum atomic E-state index is -4.50. The first-order chi connectivity index (χ1) is 16.9. The number of nitrogens with one attached hydrogen (secondary N) is 1. The summed E-state index contributed by atoms with van der Waals surface area (Å²) in [6.07, 6.45) is 1.04. The first kappa shape index (κ1) is 21.1. The van der Waals surface area contributed by atoms with E-state index in [0.717, 1.165) is 50.8 Å². The summed E-state index contributed by atoms with van der Waals surface area (Å²) in [5.74, 6) is 1.29. The number of hydrogen-bond acceptors (Lipinski definition) is 6. The van der Waals surface area contributed by atoms with Crippen molar-refractivity contribution in [2.75, 3.05) is 31.5 Å². The van der Waals surface area contributed by atoms with Crippen LogP contribution in [0.4, 0.5) is 19.0 Å². The second-order valence-electron chi connectivity index (χ2n) is 10.4. The number of hydrogen-bond donors (Lipinski definition) is 1. The smallest absolute Gasteiger partial charge is 0.376 e. The van der Waals surface area contributed by atoms with Crippen molar-refractivity contribution in [2.45, 2.75) is 57.3 Å². The van der Waals surface area contributed by atoms with Crippen molar-refractivity contribution >= 4 is 5.82 Å². The predicted octanol–water partition coefficient (Wildman–Crippen LogP) is 4.88. The van der Waals surface area contributed by atoms with Gasteiger partial charge in [-0.2, -0.15) is 13.2 Å². The van der Waals surface area contributed by atoms with Crippen LogP contribution in [0.25, 0.3) is 11.3 Å². The summed E-state index contributed by atoms with van der Waals surface area (Å²) >= 11 is 0. The van der Waals surface area contributed by atoms with Crippen molar-refractivity contribution in [3.05, 3.63) is 36.2 Å². The number of rotatable bonds is 5. The van der Waals surface area contributed by atoms with Crippen LogP contribution in [0.3, 0.4) is 0 Å². The molecule has 2 saturated heterocycles. The SMILES string of the molecule is [2H]C([2H])([C@@H]1CCOC(C)(C)C1)N1CC2CC(Nc3ccc(-c4cnccc4C(F)(F)F)nn3)CC2C1. The van der Waals surface area contributed by atoms with Crippen LogP contribution in [0.2, 0.25) is 0 Å². The fraction of sp³-hybridized carbons (Fsp3) is 0.640.